The number of nitrogens with zero attached hydrogens (tertiary/aromatic N) is 4. The van der Waals surface area contributed by atoms with Gasteiger partial charge in [0.05, 0.1) is 0 Å². The number of hydrogen-bond acceptors (Lipinski definition) is 8. The van der Waals surface area contributed by atoms with Crippen LogP contribution in [-0.4, -0.2) is 49.3 Å². The molecule has 1 aromatic carbocycles. The quantitative estimate of drug-likeness (QED) is 0.350. The van der Waals surface area contributed by atoms with E-state index in [-0.39, 0.29) is 12.5 Å². The van der Waals surface area contributed by atoms with Crippen LogP contribution in [0.4, 0.5) is 10.6 Å². The summed E-state index contributed by atoms with van der Waals surface area (Å²) >= 11 is 3.46. The number of nitrogens with two attached hydrogens (primary N) is 1. The van der Waals surface area contributed by atoms with Gasteiger partial charge in [0.15, 0.2) is 21.7 Å². The summed E-state index contributed by atoms with van der Waals surface area (Å²) in [5.41, 5.74) is 7.95. The highest BCUT2D eigenvalue weighted by molar-refractivity contribution is 9.10. The number of hydrogen-bond donors (Lipinski definition) is 2. The molecule has 4 rings (SSSR count). The third kappa shape index (κ3) is 6.08. The van der Waals surface area contributed by atoms with E-state index in [1.807, 2.05) is 28.8 Å². The van der Waals surface area contributed by atoms with Crippen LogP contribution in [0.15, 0.2) is 35.3 Å². The van der Waals surface area contributed by atoms with Gasteiger partial charge in [-0.05, 0) is 80.1 Å². The third-order valence-electron chi connectivity index (χ3n) is 5.63. The smallest absolute Gasteiger partial charge is 0.408 e. The zero-order valence-electron chi connectivity index (χ0n) is 20.0. The number of amides is 1. The van der Waals surface area contributed by atoms with E-state index < -0.39 is 23.7 Å². The van der Waals surface area contributed by atoms with Crippen LogP contribution in [0.3, 0.4) is 0 Å². The molecule has 1 aliphatic rings. The fourth-order valence-electron chi connectivity index (χ4n) is 4.02. The number of fused-ring (bicyclic) bond motifs is 1. The summed E-state index contributed by atoms with van der Waals surface area (Å²) in [4.78, 5) is 38.0. The topological polar surface area (TPSA) is 134 Å². The summed E-state index contributed by atoms with van der Waals surface area (Å²) in [6.07, 6.45) is 4.66. The van der Waals surface area contributed by atoms with Crippen molar-refractivity contribution in [3.05, 3.63) is 40.9 Å². The molecule has 1 saturated carbocycles. The van der Waals surface area contributed by atoms with Crippen molar-refractivity contribution in [2.24, 2.45) is 0 Å². The van der Waals surface area contributed by atoms with Gasteiger partial charge in [0, 0.05) is 12.1 Å². The molecule has 35 heavy (non-hydrogen) atoms. The standard InChI is InChI=1S/C24H29BrN6O4/c1-24(2,3)35-23(33)29-17(21(32)34-16-6-4-5-7-16)12-14-8-10-15(11-9-14)31-20-18(30-22(31)25)19(26)27-13-28-20/h8-11,13,16-17H,4-7,12H2,1-3H3,(H,29,33)(H2,26,27,28)/t17-/m0/s1. The molecule has 0 saturated heterocycles. The van der Waals surface area contributed by atoms with Crippen molar-refractivity contribution in [1.82, 2.24) is 24.8 Å². The van der Waals surface area contributed by atoms with Gasteiger partial charge >= 0.3 is 12.1 Å². The SMILES string of the molecule is CC(C)(C)OC(=O)N[C@@H](Cc1ccc(-n2c(Br)nc3c(N)ncnc32)cc1)C(=O)OC1CCCC1. The van der Waals surface area contributed by atoms with E-state index in [2.05, 4.69) is 36.2 Å². The highest BCUT2D eigenvalue weighted by Gasteiger charge is 2.29. The molecule has 1 aliphatic carbocycles. The molecule has 186 valence electrons. The fraction of sp³-hybridized carbons (Fsp3) is 0.458. The summed E-state index contributed by atoms with van der Waals surface area (Å²) in [5, 5.41) is 2.69. The van der Waals surface area contributed by atoms with Crippen LogP contribution in [0.25, 0.3) is 16.9 Å². The van der Waals surface area contributed by atoms with E-state index in [0.29, 0.717) is 21.7 Å². The normalized spacial score (nSPS) is 15.2. The monoisotopic (exact) mass is 544 g/mol. The number of halogens is 1. The number of anilines is 1. The number of alkyl carbamates (subject to hydrolysis) is 1. The van der Waals surface area contributed by atoms with E-state index in [1.54, 1.807) is 20.8 Å². The Balaban J connectivity index is 1.53. The number of rotatable bonds is 6. The van der Waals surface area contributed by atoms with Crippen LogP contribution in [0, 0.1) is 0 Å². The minimum atomic E-state index is -0.871. The number of benzene rings is 1. The summed E-state index contributed by atoms with van der Waals surface area (Å²) < 4.78 is 13.4. The Labute approximate surface area is 211 Å². The molecule has 1 atom stereocenters. The number of aromatic nitrogens is 4. The van der Waals surface area contributed by atoms with E-state index in [0.717, 1.165) is 36.9 Å². The summed E-state index contributed by atoms with van der Waals surface area (Å²) in [5.74, 6) is -0.162. The van der Waals surface area contributed by atoms with Gasteiger partial charge in [0.2, 0.25) is 0 Å². The Morgan fingerprint density at radius 1 is 1.20 bits per heavy atom. The lowest BCUT2D eigenvalue weighted by molar-refractivity contribution is -0.151. The van der Waals surface area contributed by atoms with Crippen LogP contribution in [0.1, 0.15) is 52.0 Å². The summed E-state index contributed by atoms with van der Waals surface area (Å²) in [6, 6.07) is 6.65. The van der Waals surface area contributed by atoms with Crippen molar-refractivity contribution in [2.75, 3.05) is 5.73 Å². The van der Waals surface area contributed by atoms with Gasteiger partial charge in [-0.15, -0.1) is 0 Å². The molecule has 0 unspecified atom stereocenters. The number of imidazole rings is 1. The van der Waals surface area contributed by atoms with Gasteiger partial charge in [0.25, 0.3) is 0 Å². The van der Waals surface area contributed by atoms with Gasteiger partial charge in [-0.3, -0.25) is 4.57 Å². The van der Waals surface area contributed by atoms with Crippen LogP contribution in [0.2, 0.25) is 0 Å². The zero-order valence-corrected chi connectivity index (χ0v) is 21.5. The molecular formula is C24H29BrN6O4. The lowest BCUT2D eigenvalue weighted by Gasteiger charge is -2.24. The number of ether oxygens (including phenoxy) is 2. The molecule has 3 N–H and O–H groups in total. The van der Waals surface area contributed by atoms with Crippen molar-refractivity contribution in [3.63, 3.8) is 0 Å². The maximum atomic E-state index is 12.9. The third-order valence-corrected chi connectivity index (χ3v) is 6.16. The van der Waals surface area contributed by atoms with E-state index in [9.17, 15) is 9.59 Å². The maximum absolute atomic E-state index is 12.9. The second-order valence-corrected chi connectivity index (χ2v) is 10.3. The van der Waals surface area contributed by atoms with Crippen molar-refractivity contribution >= 4 is 45.0 Å². The predicted octanol–water partition coefficient (Wildman–Crippen LogP) is 4.08. The van der Waals surface area contributed by atoms with E-state index in [1.165, 1.54) is 6.33 Å². The Kier molecular flexibility index (Phi) is 7.25. The fourth-order valence-corrected chi connectivity index (χ4v) is 4.57. The molecule has 0 spiro atoms. The van der Waals surface area contributed by atoms with Crippen LogP contribution >= 0.6 is 15.9 Å². The van der Waals surface area contributed by atoms with Crippen LogP contribution in [-0.2, 0) is 20.7 Å². The number of nitrogen functional groups attached to an aromatic ring is 1. The Bertz CT molecular complexity index is 1220. The highest BCUT2D eigenvalue weighted by atomic mass is 79.9. The molecule has 3 aromatic rings. The van der Waals surface area contributed by atoms with Gasteiger partial charge in [0.1, 0.15) is 24.1 Å². The average Bonchev–Trinajstić information content (AvgIpc) is 3.40. The number of carbonyl (C=O) groups excluding carboxylic acids is 2. The lowest BCUT2D eigenvalue weighted by atomic mass is 10.1. The molecular weight excluding hydrogens is 516 g/mol. The first kappa shape index (κ1) is 24.9. The summed E-state index contributed by atoms with van der Waals surface area (Å²) in [7, 11) is 0. The van der Waals surface area contributed by atoms with Crippen molar-refractivity contribution < 1.29 is 19.1 Å². The average molecular weight is 545 g/mol. The van der Waals surface area contributed by atoms with E-state index >= 15 is 0 Å². The van der Waals surface area contributed by atoms with Gasteiger partial charge in [-0.25, -0.2) is 24.5 Å². The molecule has 1 amide bonds. The minimum Gasteiger partial charge on any atom is -0.461 e. The number of nitrogens with one attached hydrogen (secondary N) is 1. The first-order chi connectivity index (χ1) is 16.6. The second kappa shape index (κ2) is 10.2. The van der Waals surface area contributed by atoms with Crippen molar-refractivity contribution in [3.8, 4) is 5.69 Å². The minimum absolute atomic E-state index is 0.103. The van der Waals surface area contributed by atoms with E-state index in [4.69, 9.17) is 15.2 Å². The number of carbonyl (C=O) groups is 2. The molecule has 0 radical (unpaired) electrons. The maximum Gasteiger partial charge on any atom is 0.408 e. The van der Waals surface area contributed by atoms with Gasteiger partial charge in [-0.1, -0.05) is 12.1 Å². The van der Waals surface area contributed by atoms with Crippen LogP contribution < -0.4 is 11.1 Å². The van der Waals surface area contributed by atoms with Gasteiger partial charge in [-0.2, -0.15) is 0 Å². The van der Waals surface area contributed by atoms with Crippen LogP contribution in [0.5, 0.6) is 0 Å². The molecule has 0 aliphatic heterocycles. The zero-order chi connectivity index (χ0) is 25.2. The molecule has 10 nitrogen and oxygen atoms in total. The van der Waals surface area contributed by atoms with Crippen molar-refractivity contribution in [1.29, 1.82) is 0 Å². The first-order valence-corrected chi connectivity index (χ1v) is 12.3. The Hall–Kier alpha value is -3.21. The highest BCUT2D eigenvalue weighted by Crippen LogP contribution is 2.26. The van der Waals surface area contributed by atoms with Crippen molar-refractivity contribution in [2.45, 2.75) is 70.6 Å². The number of esters is 1. The second-order valence-electron chi connectivity index (χ2n) is 9.56. The molecule has 1 fully saturated rings. The molecule has 11 heteroatoms. The molecule has 2 heterocycles. The lowest BCUT2D eigenvalue weighted by Crippen LogP contribution is -2.46. The Morgan fingerprint density at radius 3 is 2.54 bits per heavy atom. The Morgan fingerprint density at radius 2 is 1.89 bits per heavy atom. The molecule has 0 bridgehead atoms. The first-order valence-electron chi connectivity index (χ1n) is 11.5. The van der Waals surface area contributed by atoms with Gasteiger partial charge < -0.3 is 20.5 Å². The largest absolute Gasteiger partial charge is 0.461 e. The summed E-state index contributed by atoms with van der Waals surface area (Å²) in [6.45, 7) is 5.31. The molecule has 2 aromatic heterocycles. The predicted molar refractivity (Wildman–Crippen MR) is 134 cm³/mol.